The van der Waals surface area contributed by atoms with E-state index in [4.69, 9.17) is 4.74 Å². The highest BCUT2D eigenvalue weighted by Crippen LogP contribution is 2.74. The predicted molar refractivity (Wildman–Crippen MR) is 83.0 cm³/mol. The molecule has 2 aliphatic rings. The first-order valence-electron chi connectivity index (χ1n) is 7.18. The van der Waals surface area contributed by atoms with Gasteiger partial charge in [-0.1, -0.05) is 55.8 Å². The zero-order chi connectivity index (χ0) is 14.0. The topological polar surface area (TPSA) is 9.23 Å². The van der Waals surface area contributed by atoms with Crippen molar-refractivity contribution in [1.82, 2.24) is 0 Å². The summed E-state index contributed by atoms with van der Waals surface area (Å²) in [6.07, 6.45) is 1.37. The highest BCUT2D eigenvalue weighted by molar-refractivity contribution is 9.09. The fourth-order valence-electron chi connectivity index (χ4n) is 3.79. The molecule has 0 bridgehead atoms. The molecule has 2 heteroatoms. The van der Waals surface area contributed by atoms with Gasteiger partial charge in [-0.05, 0) is 40.9 Å². The lowest BCUT2D eigenvalue weighted by Gasteiger charge is -2.13. The molecule has 1 aliphatic carbocycles. The lowest BCUT2D eigenvalue weighted by atomic mass is 9.99. The van der Waals surface area contributed by atoms with Crippen LogP contribution in [-0.4, -0.2) is 6.10 Å². The zero-order valence-corrected chi connectivity index (χ0v) is 14.0. The summed E-state index contributed by atoms with van der Waals surface area (Å²) >= 11 is 3.95. The van der Waals surface area contributed by atoms with E-state index in [0.29, 0.717) is 27.7 Å². The van der Waals surface area contributed by atoms with Crippen molar-refractivity contribution in [2.75, 3.05) is 0 Å². The van der Waals surface area contributed by atoms with Gasteiger partial charge in [0.25, 0.3) is 0 Å². The van der Waals surface area contributed by atoms with E-state index in [2.05, 4.69) is 68.7 Å². The van der Waals surface area contributed by atoms with E-state index in [9.17, 15) is 0 Å². The van der Waals surface area contributed by atoms with Gasteiger partial charge in [-0.3, -0.25) is 0 Å². The van der Waals surface area contributed by atoms with Gasteiger partial charge in [-0.15, -0.1) is 0 Å². The van der Waals surface area contributed by atoms with Gasteiger partial charge < -0.3 is 4.74 Å². The Morgan fingerprint density at radius 1 is 1.21 bits per heavy atom. The predicted octanol–water partition coefficient (Wildman–Crippen LogP) is 5.13. The summed E-state index contributed by atoms with van der Waals surface area (Å²) in [5.41, 5.74) is 3.58. The minimum Gasteiger partial charge on any atom is -0.490 e. The number of fused-ring (bicyclic) bond motifs is 1. The molecule has 1 aromatic rings. The van der Waals surface area contributed by atoms with Crippen LogP contribution >= 0.6 is 15.9 Å². The fourth-order valence-corrected chi connectivity index (χ4v) is 5.39. The maximum absolute atomic E-state index is 5.78. The van der Waals surface area contributed by atoms with Crippen molar-refractivity contribution in [1.29, 1.82) is 0 Å². The average Bonchev–Trinajstić information content (AvgIpc) is 2.58. The van der Waals surface area contributed by atoms with Gasteiger partial charge in [0.2, 0.25) is 0 Å². The maximum atomic E-state index is 5.78. The third-order valence-electron chi connectivity index (χ3n) is 5.66. The smallest absolute Gasteiger partial charge is 0.123 e. The van der Waals surface area contributed by atoms with E-state index in [1.165, 1.54) is 11.1 Å². The molecule has 3 rings (SSSR count). The molecule has 0 N–H and O–H groups in total. The summed E-state index contributed by atoms with van der Waals surface area (Å²) in [5.74, 6) is 1.77. The molecule has 2 atom stereocenters. The van der Waals surface area contributed by atoms with Crippen LogP contribution in [0.5, 0.6) is 5.75 Å². The summed E-state index contributed by atoms with van der Waals surface area (Å²) in [6, 6.07) is 6.70. The lowest BCUT2D eigenvalue weighted by molar-refractivity contribution is 0.254. The van der Waals surface area contributed by atoms with Crippen molar-refractivity contribution < 1.29 is 4.74 Å². The number of hydrogen-bond donors (Lipinski definition) is 0. The molecule has 0 radical (unpaired) electrons. The van der Waals surface area contributed by atoms with Gasteiger partial charge in [0, 0.05) is 11.2 Å². The van der Waals surface area contributed by atoms with Crippen LogP contribution in [0.1, 0.15) is 50.6 Å². The van der Waals surface area contributed by atoms with Crippen molar-refractivity contribution in [3.8, 4) is 5.75 Å². The molecule has 1 aromatic carbocycles. The van der Waals surface area contributed by atoms with Gasteiger partial charge in [0.15, 0.2) is 0 Å². The molecular formula is C17H23BrO. The summed E-state index contributed by atoms with van der Waals surface area (Å²) in [7, 11) is 0. The Hall–Kier alpha value is -0.500. The van der Waals surface area contributed by atoms with Crippen molar-refractivity contribution >= 4 is 15.9 Å². The summed E-state index contributed by atoms with van der Waals surface area (Å²) in [6.45, 7) is 11.7. The first kappa shape index (κ1) is 13.5. The van der Waals surface area contributed by atoms with Crippen LogP contribution in [0.3, 0.4) is 0 Å². The minimum atomic E-state index is 0.327. The molecule has 104 valence electrons. The van der Waals surface area contributed by atoms with Gasteiger partial charge in [-0.2, -0.15) is 0 Å². The Bertz CT molecular complexity index is 504. The van der Waals surface area contributed by atoms with E-state index in [0.717, 1.165) is 12.2 Å². The number of hydrogen-bond acceptors (Lipinski definition) is 1. The molecular weight excluding hydrogens is 300 g/mol. The molecule has 0 aromatic heterocycles. The largest absolute Gasteiger partial charge is 0.490 e. The normalized spacial score (nSPS) is 28.6. The minimum absolute atomic E-state index is 0.327. The third kappa shape index (κ3) is 1.86. The molecule has 1 fully saturated rings. The van der Waals surface area contributed by atoms with Crippen LogP contribution in [0.2, 0.25) is 0 Å². The van der Waals surface area contributed by atoms with Crippen LogP contribution in [0.25, 0.3) is 0 Å². The van der Waals surface area contributed by atoms with E-state index in [1.54, 1.807) is 0 Å². The standard InChI is InChI=1S/C17H23BrO/c1-10-8-12-9-11(6-7-13(12)19-10)14(18)15-16(2,3)17(15,4)5/h6-7,9-10,14-15H,8H2,1-5H3. The zero-order valence-electron chi connectivity index (χ0n) is 12.5. The lowest BCUT2D eigenvalue weighted by Crippen LogP contribution is -2.05. The Kier molecular flexibility index (Phi) is 2.84. The Labute approximate surface area is 124 Å². The molecule has 0 amide bonds. The number of halogens is 1. The second-order valence-corrected chi connectivity index (χ2v) is 8.31. The van der Waals surface area contributed by atoms with E-state index in [1.807, 2.05) is 0 Å². The van der Waals surface area contributed by atoms with Gasteiger partial charge in [-0.25, -0.2) is 0 Å². The van der Waals surface area contributed by atoms with E-state index < -0.39 is 0 Å². The van der Waals surface area contributed by atoms with E-state index >= 15 is 0 Å². The Balaban J connectivity index is 1.87. The monoisotopic (exact) mass is 322 g/mol. The summed E-state index contributed by atoms with van der Waals surface area (Å²) < 4.78 is 5.78. The number of benzene rings is 1. The summed E-state index contributed by atoms with van der Waals surface area (Å²) in [4.78, 5) is 0.443. The highest BCUT2D eigenvalue weighted by atomic mass is 79.9. The second-order valence-electron chi connectivity index (χ2n) is 7.32. The molecule has 19 heavy (non-hydrogen) atoms. The van der Waals surface area contributed by atoms with Crippen molar-refractivity contribution in [3.05, 3.63) is 29.3 Å². The van der Waals surface area contributed by atoms with Gasteiger partial charge >= 0.3 is 0 Å². The maximum Gasteiger partial charge on any atom is 0.123 e. The molecule has 1 saturated carbocycles. The van der Waals surface area contributed by atoms with Crippen molar-refractivity contribution in [2.45, 2.75) is 52.0 Å². The molecule has 0 spiro atoms. The van der Waals surface area contributed by atoms with Gasteiger partial charge in [0.05, 0.1) is 0 Å². The number of alkyl halides is 1. The fraction of sp³-hybridized carbons (Fsp3) is 0.647. The third-order valence-corrected chi connectivity index (χ3v) is 6.72. The quantitative estimate of drug-likeness (QED) is 0.686. The number of rotatable bonds is 2. The Morgan fingerprint density at radius 3 is 2.42 bits per heavy atom. The first-order valence-corrected chi connectivity index (χ1v) is 8.10. The Morgan fingerprint density at radius 2 is 1.84 bits per heavy atom. The van der Waals surface area contributed by atoms with Gasteiger partial charge in [0.1, 0.15) is 11.9 Å². The van der Waals surface area contributed by atoms with Crippen LogP contribution in [0.15, 0.2) is 18.2 Å². The second kappa shape index (κ2) is 4.00. The first-order chi connectivity index (χ1) is 8.75. The molecule has 1 heterocycles. The SMILES string of the molecule is CC1Cc2cc(C(Br)C3C(C)(C)C3(C)C)ccc2O1. The molecule has 1 aliphatic heterocycles. The molecule has 1 nitrogen and oxygen atoms in total. The highest BCUT2D eigenvalue weighted by Gasteiger charge is 2.66. The van der Waals surface area contributed by atoms with E-state index in [-0.39, 0.29) is 0 Å². The molecule has 0 saturated heterocycles. The van der Waals surface area contributed by atoms with Crippen molar-refractivity contribution in [2.24, 2.45) is 16.7 Å². The number of ether oxygens (including phenoxy) is 1. The van der Waals surface area contributed by atoms with Crippen LogP contribution in [0, 0.1) is 16.7 Å². The van der Waals surface area contributed by atoms with Crippen LogP contribution in [-0.2, 0) is 6.42 Å². The summed E-state index contributed by atoms with van der Waals surface area (Å²) in [5, 5.41) is 0. The average molecular weight is 323 g/mol. The van der Waals surface area contributed by atoms with Crippen molar-refractivity contribution in [3.63, 3.8) is 0 Å². The molecule has 2 unspecified atom stereocenters. The van der Waals surface area contributed by atoms with Crippen LogP contribution < -0.4 is 4.74 Å². The van der Waals surface area contributed by atoms with Crippen LogP contribution in [0.4, 0.5) is 0 Å².